The van der Waals surface area contributed by atoms with E-state index in [0.717, 1.165) is 18.4 Å². The molecule has 0 aromatic heterocycles. The van der Waals surface area contributed by atoms with E-state index in [-0.39, 0.29) is 17.4 Å². The SMILES string of the molecule is COc1cc(O)c2c(O)c3c(c4c2c1C1(C4)C(C)=CCCC1(C)C)C(O)C1(O)CC(=O)C(C(N)=O)C(=O)C1(O)C3=O. The highest BCUT2D eigenvalue weighted by Crippen LogP contribution is 2.66. The predicted molar refractivity (Wildman–Crippen MR) is 142 cm³/mol. The largest absolute Gasteiger partial charge is 0.507 e. The first kappa shape index (κ1) is 27.4. The van der Waals surface area contributed by atoms with Gasteiger partial charge < -0.3 is 36.0 Å². The van der Waals surface area contributed by atoms with Crippen LogP contribution in [0.5, 0.6) is 17.2 Å². The predicted octanol–water partition coefficient (Wildman–Crippen LogP) is 1.16. The Bertz CT molecular complexity index is 1690. The molecule has 216 valence electrons. The van der Waals surface area contributed by atoms with Crippen molar-refractivity contribution in [3.05, 3.63) is 40.0 Å². The summed E-state index contributed by atoms with van der Waals surface area (Å²) in [4.78, 5) is 52.2. The second kappa shape index (κ2) is 7.93. The summed E-state index contributed by atoms with van der Waals surface area (Å²) in [6.45, 7) is 6.08. The fraction of sp³-hybridized carbons (Fsp3) is 0.467. The van der Waals surface area contributed by atoms with Crippen molar-refractivity contribution < 1.29 is 49.4 Å². The summed E-state index contributed by atoms with van der Waals surface area (Å²) in [5, 5.41) is 57.9. The van der Waals surface area contributed by atoms with E-state index < -0.39 is 80.8 Å². The molecule has 1 fully saturated rings. The maximum atomic E-state index is 14.1. The number of methoxy groups -OCH3 is 1. The first-order valence-electron chi connectivity index (χ1n) is 13.4. The molecule has 5 unspecified atom stereocenters. The Balaban J connectivity index is 1.77. The van der Waals surface area contributed by atoms with Crippen molar-refractivity contribution in [1.82, 2.24) is 0 Å². The number of amides is 1. The summed E-state index contributed by atoms with van der Waals surface area (Å²) >= 11 is 0. The second-order valence-corrected chi connectivity index (χ2v) is 12.4. The summed E-state index contributed by atoms with van der Waals surface area (Å²) in [6.07, 6.45) is 0.432. The van der Waals surface area contributed by atoms with Gasteiger partial charge in [-0.05, 0) is 37.2 Å². The molecular formula is C30H31NO10. The molecule has 41 heavy (non-hydrogen) atoms. The van der Waals surface area contributed by atoms with Crippen molar-refractivity contribution in [2.75, 3.05) is 7.11 Å². The Morgan fingerprint density at radius 2 is 1.76 bits per heavy atom. The zero-order valence-corrected chi connectivity index (χ0v) is 23.0. The normalized spacial score (nSPS) is 33.5. The first-order valence-corrected chi connectivity index (χ1v) is 13.4. The van der Waals surface area contributed by atoms with Crippen LogP contribution in [0.15, 0.2) is 17.7 Å². The monoisotopic (exact) mass is 565 g/mol. The Hall–Kier alpha value is -3.80. The van der Waals surface area contributed by atoms with E-state index in [1.54, 1.807) is 0 Å². The van der Waals surface area contributed by atoms with Crippen LogP contribution in [0.1, 0.15) is 73.2 Å². The second-order valence-electron chi connectivity index (χ2n) is 12.4. The number of carbonyl (C=O) groups is 4. The standard InChI is InChI=1S/C30H31NO10/c1-11-6-5-7-27(2,3)28(11)9-12-16-18(13(32)8-15(41-4)21(16)28)22(34)20-17(12)23(35)29(39)10-14(33)19(26(31)38)24(36)30(29,40)25(20)37/h6,8,19,23,32,34-35,39-40H,5,7,9-10H2,1-4H3,(H2,31,38). The van der Waals surface area contributed by atoms with E-state index in [2.05, 4.69) is 19.9 Å². The van der Waals surface area contributed by atoms with Crippen LogP contribution in [0.4, 0.5) is 0 Å². The average molecular weight is 566 g/mol. The lowest BCUT2D eigenvalue weighted by Gasteiger charge is -2.51. The number of nitrogens with two attached hydrogens (primary N) is 1. The van der Waals surface area contributed by atoms with E-state index in [0.29, 0.717) is 22.3 Å². The Morgan fingerprint density at radius 3 is 2.34 bits per heavy atom. The number of carbonyl (C=O) groups excluding carboxylic acids is 4. The van der Waals surface area contributed by atoms with Crippen LogP contribution in [-0.4, -0.2) is 67.1 Å². The summed E-state index contributed by atoms with van der Waals surface area (Å²) in [5.41, 5.74) is -1.60. The molecule has 0 saturated heterocycles. The molecule has 2 aromatic rings. The molecule has 5 atom stereocenters. The van der Waals surface area contributed by atoms with Gasteiger partial charge in [0, 0.05) is 34.4 Å². The fourth-order valence-electron chi connectivity index (χ4n) is 8.24. The minimum absolute atomic E-state index is 0.152. The molecule has 0 heterocycles. The van der Waals surface area contributed by atoms with Gasteiger partial charge in [0.15, 0.2) is 17.5 Å². The number of allylic oxidation sites excluding steroid dienone is 2. The van der Waals surface area contributed by atoms with Crippen molar-refractivity contribution in [2.24, 2.45) is 17.1 Å². The van der Waals surface area contributed by atoms with Gasteiger partial charge in [-0.1, -0.05) is 25.5 Å². The summed E-state index contributed by atoms with van der Waals surface area (Å²) in [6, 6.07) is 1.32. The highest BCUT2D eigenvalue weighted by atomic mass is 16.5. The molecule has 11 nitrogen and oxygen atoms in total. The number of hydrogen-bond donors (Lipinski definition) is 6. The van der Waals surface area contributed by atoms with Gasteiger partial charge in [-0.25, -0.2) is 0 Å². The lowest BCUT2D eigenvalue weighted by Crippen LogP contribution is -2.75. The lowest BCUT2D eigenvalue weighted by molar-refractivity contribution is -0.207. The van der Waals surface area contributed by atoms with Gasteiger partial charge in [0.25, 0.3) is 0 Å². The summed E-state index contributed by atoms with van der Waals surface area (Å²) in [7, 11) is 1.44. The van der Waals surface area contributed by atoms with Crippen LogP contribution in [0.3, 0.4) is 0 Å². The van der Waals surface area contributed by atoms with E-state index in [9.17, 15) is 44.7 Å². The molecule has 6 rings (SSSR count). The topological polar surface area (TPSA) is 205 Å². The number of aromatic hydroxyl groups is 2. The third kappa shape index (κ3) is 2.79. The maximum Gasteiger partial charge on any atom is 0.235 e. The smallest absolute Gasteiger partial charge is 0.235 e. The molecule has 1 saturated carbocycles. The van der Waals surface area contributed by atoms with Gasteiger partial charge in [-0.2, -0.15) is 0 Å². The van der Waals surface area contributed by atoms with Gasteiger partial charge in [-0.3, -0.25) is 19.2 Å². The molecule has 0 bridgehead atoms. The number of phenols is 2. The lowest BCUT2D eigenvalue weighted by atomic mass is 9.53. The molecular weight excluding hydrogens is 534 g/mol. The third-order valence-corrected chi connectivity index (χ3v) is 10.4. The number of hydrogen-bond acceptors (Lipinski definition) is 10. The quantitative estimate of drug-likeness (QED) is 0.226. The molecule has 2 aromatic carbocycles. The molecule has 0 aliphatic heterocycles. The van der Waals surface area contributed by atoms with Crippen LogP contribution < -0.4 is 10.5 Å². The highest BCUT2D eigenvalue weighted by Gasteiger charge is 2.73. The Morgan fingerprint density at radius 1 is 1.10 bits per heavy atom. The maximum absolute atomic E-state index is 14.1. The van der Waals surface area contributed by atoms with Crippen molar-refractivity contribution in [3.63, 3.8) is 0 Å². The van der Waals surface area contributed by atoms with E-state index in [1.165, 1.54) is 13.2 Å². The Kier molecular flexibility index (Phi) is 5.30. The van der Waals surface area contributed by atoms with Gasteiger partial charge in [0.05, 0.1) is 18.1 Å². The van der Waals surface area contributed by atoms with Crippen LogP contribution in [0, 0.1) is 11.3 Å². The van der Waals surface area contributed by atoms with Crippen molar-refractivity contribution >= 4 is 34.0 Å². The van der Waals surface area contributed by atoms with Crippen molar-refractivity contribution in [1.29, 1.82) is 0 Å². The third-order valence-electron chi connectivity index (χ3n) is 10.4. The average Bonchev–Trinajstić information content (AvgIpc) is 3.24. The fourth-order valence-corrected chi connectivity index (χ4v) is 8.24. The zero-order chi connectivity index (χ0) is 30.2. The number of aliphatic hydroxyl groups excluding tert-OH is 1. The molecule has 1 amide bonds. The van der Waals surface area contributed by atoms with E-state index >= 15 is 0 Å². The number of primary amides is 1. The Labute approximate surface area is 234 Å². The van der Waals surface area contributed by atoms with Crippen LogP contribution in [0.2, 0.25) is 0 Å². The molecule has 7 N–H and O–H groups in total. The highest BCUT2D eigenvalue weighted by molar-refractivity contribution is 6.33. The number of ketones is 3. The zero-order valence-electron chi connectivity index (χ0n) is 23.0. The number of rotatable bonds is 2. The minimum atomic E-state index is -3.48. The first-order chi connectivity index (χ1) is 19.0. The van der Waals surface area contributed by atoms with Crippen LogP contribution in [-0.2, 0) is 26.2 Å². The van der Waals surface area contributed by atoms with Crippen LogP contribution >= 0.6 is 0 Å². The molecule has 4 aliphatic rings. The molecule has 0 radical (unpaired) electrons. The van der Waals surface area contributed by atoms with E-state index in [1.807, 2.05) is 6.92 Å². The van der Waals surface area contributed by atoms with Crippen molar-refractivity contribution in [3.8, 4) is 17.2 Å². The molecule has 4 aliphatic carbocycles. The molecule has 11 heteroatoms. The molecule has 1 spiro atoms. The van der Waals surface area contributed by atoms with Gasteiger partial charge in [0.1, 0.15) is 29.0 Å². The van der Waals surface area contributed by atoms with Gasteiger partial charge in [-0.15, -0.1) is 0 Å². The number of Topliss-reactive ketones (excluding diaryl/α,β-unsaturated/α-hetero) is 3. The van der Waals surface area contributed by atoms with E-state index in [4.69, 9.17) is 10.5 Å². The number of ether oxygens (including phenoxy) is 1. The summed E-state index contributed by atoms with van der Waals surface area (Å²) in [5.74, 6) is -8.98. The number of fused-ring (bicyclic) bond motifs is 4. The number of aliphatic hydroxyl groups is 3. The van der Waals surface area contributed by atoms with Crippen molar-refractivity contribution in [2.45, 2.75) is 69.2 Å². The summed E-state index contributed by atoms with van der Waals surface area (Å²) < 4.78 is 5.72. The number of phenolic OH excluding ortho intramolecular Hbond substituents is 2. The van der Waals surface area contributed by atoms with Gasteiger partial charge in [0.2, 0.25) is 17.3 Å². The number of benzene rings is 2. The van der Waals surface area contributed by atoms with Gasteiger partial charge >= 0.3 is 0 Å². The van der Waals surface area contributed by atoms with Crippen LogP contribution in [0.25, 0.3) is 10.8 Å². The minimum Gasteiger partial charge on any atom is -0.507 e.